The number of allylic oxidation sites excluding steroid dienone is 1. The van der Waals surface area contributed by atoms with Crippen LogP contribution in [0.2, 0.25) is 0 Å². The molecule has 0 amide bonds. The molecule has 0 unspecified atom stereocenters. The van der Waals surface area contributed by atoms with Crippen LogP contribution in [0.25, 0.3) is 22.3 Å². The van der Waals surface area contributed by atoms with E-state index >= 15 is 0 Å². The predicted octanol–water partition coefficient (Wildman–Crippen LogP) is 6.78. The molecular formula is C27H19NO2. The van der Waals surface area contributed by atoms with Gasteiger partial charge < -0.3 is 0 Å². The number of hydrogen-bond donors (Lipinski definition) is 0. The van der Waals surface area contributed by atoms with Gasteiger partial charge in [-0.2, -0.15) is 0 Å². The van der Waals surface area contributed by atoms with Gasteiger partial charge in [-0.05, 0) is 57.5 Å². The van der Waals surface area contributed by atoms with Gasteiger partial charge in [0.1, 0.15) is 0 Å². The van der Waals surface area contributed by atoms with Crippen molar-refractivity contribution in [2.75, 3.05) is 0 Å². The second-order valence-electron chi connectivity index (χ2n) is 7.41. The molecule has 0 aromatic heterocycles. The van der Waals surface area contributed by atoms with Crippen molar-refractivity contribution in [3.05, 3.63) is 135 Å². The largest absolute Gasteiger partial charge is 0.277 e. The molecule has 0 aliphatic heterocycles. The number of para-hydroxylation sites is 1. The second-order valence-corrected chi connectivity index (χ2v) is 7.41. The van der Waals surface area contributed by atoms with Gasteiger partial charge in [0.15, 0.2) is 0 Å². The maximum atomic E-state index is 11.5. The van der Waals surface area contributed by atoms with E-state index in [0.717, 1.165) is 12.0 Å². The highest BCUT2D eigenvalue weighted by Crippen LogP contribution is 2.44. The van der Waals surface area contributed by atoms with Crippen molar-refractivity contribution in [2.45, 2.75) is 6.42 Å². The van der Waals surface area contributed by atoms with Gasteiger partial charge in [-0.1, -0.05) is 84.9 Å². The van der Waals surface area contributed by atoms with Crippen LogP contribution in [0.5, 0.6) is 0 Å². The van der Waals surface area contributed by atoms with Gasteiger partial charge in [-0.3, -0.25) is 10.1 Å². The molecule has 5 rings (SSSR count). The highest BCUT2D eigenvalue weighted by Gasteiger charge is 2.25. The Bertz CT molecular complexity index is 1270. The number of benzene rings is 4. The third kappa shape index (κ3) is 3.11. The number of rotatable bonds is 4. The van der Waals surface area contributed by atoms with Crippen molar-refractivity contribution in [2.24, 2.45) is 0 Å². The third-order valence-corrected chi connectivity index (χ3v) is 5.64. The van der Waals surface area contributed by atoms with Crippen LogP contribution >= 0.6 is 0 Å². The molecule has 4 aromatic carbocycles. The smallest absolute Gasteiger partial charge is 0.258 e. The highest BCUT2D eigenvalue weighted by molar-refractivity contribution is 6.04. The van der Waals surface area contributed by atoms with Gasteiger partial charge in [-0.15, -0.1) is 0 Å². The van der Waals surface area contributed by atoms with E-state index in [2.05, 4.69) is 60.7 Å². The Labute approximate surface area is 175 Å². The average Bonchev–Trinajstić information content (AvgIpc) is 3.19. The molecule has 0 N–H and O–H groups in total. The van der Waals surface area contributed by atoms with E-state index in [1.54, 1.807) is 12.1 Å². The van der Waals surface area contributed by atoms with Gasteiger partial charge >= 0.3 is 0 Å². The summed E-state index contributed by atoms with van der Waals surface area (Å²) < 4.78 is 0. The SMILES string of the molecule is O=[N+]([O-])c1ccccc1-c1ccc2c(c1)CC(c1ccccc1)=C2c1ccccc1. The zero-order valence-corrected chi connectivity index (χ0v) is 16.3. The molecule has 0 spiro atoms. The molecule has 3 nitrogen and oxygen atoms in total. The lowest BCUT2D eigenvalue weighted by atomic mass is 9.93. The van der Waals surface area contributed by atoms with Gasteiger partial charge in [-0.25, -0.2) is 0 Å². The maximum Gasteiger partial charge on any atom is 0.277 e. The molecule has 0 saturated carbocycles. The maximum absolute atomic E-state index is 11.5. The first-order valence-electron chi connectivity index (χ1n) is 9.93. The third-order valence-electron chi connectivity index (χ3n) is 5.64. The Morgan fingerprint density at radius 1 is 0.633 bits per heavy atom. The normalized spacial score (nSPS) is 12.7. The number of hydrogen-bond acceptors (Lipinski definition) is 2. The zero-order valence-electron chi connectivity index (χ0n) is 16.3. The van der Waals surface area contributed by atoms with Crippen molar-refractivity contribution in [1.82, 2.24) is 0 Å². The minimum Gasteiger partial charge on any atom is -0.258 e. The molecule has 0 fully saturated rings. The van der Waals surface area contributed by atoms with Crippen molar-refractivity contribution >= 4 is 16.8 Å². The summed E-state index contributed by atoms with van der Waals surface area (Å²) in [5.41, 5.74) is 8.99. The fourth-order valence-electron chi connectivity index (χ4n) is 4.29. The van der Waals surface area contributed by atoms with Gasteiger partial charge in [0.25, 0.3) is 5.69 Å². The van der Waals surface area contributed by atoms with Crippen LogP contribution < -0.4 is 0 Å². The van der Waals surface area contributed by atoms with E-state index in [9.17, 15) is 10.1 Å². The Balaban J connectivity index is 1.67. The predicted molar refractivity (Wildman–Crippen MR) is 121 cm³/mol. The monoisotopic (exact) mass is 389 g/mol. The summed E-state index contributed by atoms with van der Waals surface area (Å²) in [6.07, 6.45) is 0.804. The lowest BCUT2D eigenvalue weighted by Crippen LogP contribution is -1.93. The molecule has 1 aliphatic rings. The summed E-state index contributed by atoms with van der Waals surface area (Å²) in [6, 6.07) is 34.0. The van der Waals surface area contributed by atoms with Crippen LogP contribution in [0.3, 0.4) is 0 Å². The van der Waals surface area contributed by atoms with Crippen molar-refractivity contribution in [3.8, 4) is 11.1 Å². The molecule has 0 saturated heterocycles. The van der Waals surface area contributed by atoms with Crippen LogP contribution in [0.15, 0.2) is 103 Å². The summed E-state index contributed by atoms with van der Waals surface area (Å²) in [6.45, 7) is 0. The number of nitrogens with zero attached hydrogens (tertiary/aromatic N) is 1. The van der Waals surface area contributed by atoms with Crippen LogP contribution in [0.4, 0.5) is 5.69 Å². The lowest BCUT2D eigenvalue weighted by molar-refractivity contribution is -0.384. The number of nitro benzene ring substituents is 1. The summed E-state index contributed by atoms with van der Waals surface area (Å²) in [4.78, 5) is 11.2. The summed E-state index contributed by atoms with van der Waals surface area (Å²) in [5, 5.41) is 11.5. The van der Waals surface area contributed by atoms with Crippen LogP contribution in [-0.4, -0.2) is 4.92 Å². The van der Waals surface area contributed by atoms with E-state index in [1.807, 2.05) is 30.3 Å². The standard InChI is InChI=1S/C27H19NO2/c29-28(30)26-14-8-7-13-23(26)21-15-16-24-22(17-21)18-25(19-9-3-1-4-10-19)27(24)20-11-5-2-6-12-20/h1-17H,18H2. The van der Waals surface area contributed by atoms with E-state index in [4.69, 9.17) is 0 Å². The van der Waals surface area contributed by atoms with Crippen molar-refractivity contribution in [1.29, 1.82) is 0 Å². The lowest BCUT2D eigenvalue weighted by Gasteiger charge is -2.10. The summed E-state index contributed by atoms with van der Waals surface area (Å²) in [5.74, 6) is 0. The molecule has 4 aromatic rings. The first-order chi connectivity index (χ1) is 14.7. The van der Waals surface area contributed by atoms with E-state index < -0.39 is 0 Å². The first kappa shape index (κ1) is 18.1. The van der Waals surface area contributed by atoms with Gasteiger partial charge in [0, 0.05) is 6.07 Å². The topological polar surface area (TPSA) is 43.1 Å². The fraction of sp³-hybridized carbons (Fsp3) is 0.0370. The molecular weight excluding hydrogens is 370 g/mol. The van der Waals surface area contributed by atoms with Crippen LogP contribution in [0, 0.1) is 10.1 Å². The molecule has 1 aliphatic carbocycles. The van der Waals surface area contributed by atoms with E-state index in [0.29, 0.717) is 5.56 Å². The minimum atomic E-state index is -0.314. The van der Waals surface area contributed by atoms with Crippen molar-refractivity contribution < 1.29 is 4.92 Å². The summed E-state index contributed by atoms with van der Waals surface area (Å²) >= 11 is 0. The molecule has 0 bridgehead atoms. The average molecular weight is 389 g/mol. The zero-order chi connectivity index (χ0) is 20.5. The van der Waals surface area contributed by atoms with Gasteiger partial charge in [0.2, 0.25) is 0 Å². The molecule has 0 radical (unpaired) electrons. The molecule has 0 heterocycles. The molecule has 0 atom stereocenters. The quantitative estimate of drug-likeness (QED) is 0.285. The van der Waals surface area contributed by atoms with Crippen molar-refractivity contribution in [3.63, 3.8) is 0 Å². The molecule has 30 heavy (non-hydrogen) atoms. The minimum absolute atomic E-state index is 0.134. The fourth-order valence-corrected chi connectivity index (χ4v) is 4.29. The summed E-state index contributed by atoms with van der Waals surface area (Å²) in [7, 11) is 0. The second kappa shape index (κ2) is 7.45. The Kier molecular flexibility index (Phi) is 4.49. The molecule has 144 valence electrons. The highest BCUT2D eigenvalue weighted by atomic mass is 16.6. The first-order valence-corrected chi connectivity index (χ1v) is 9.93. The van der Waals surface area contributed by atoms with E-state index in [-0.39, 0.29) is 10.6 Å². The number of nitro groups is 1. The Morgan fingerprint density at radius 2 is 1.27 bits per heavy atom. The van der Waals surface area contributed by atoms with Crippen LogP contribution in [-0.2, 0) is 6.42 Å². The number of fused-ring (bicyclic) bond motifs is 1. The Morgan fingerprint density at radius 3 is 1.97 bits per heavy atom. The Hall–Kier alpha value is -3.98. The van der Waals surface area contributed by atoms with E-state index in [1.165, 1.54) is 33.4 Å². The van der Waals surface area contributed by atoms with Gasteiger partial charge in [0.05, 0.1) is 10.5 Å². The molecule has 3 heteroatoms. The van der Waals surface area contributed by atoms with Crippen LogP contribution in [0.1, 0.15) is 22.3 Å².